The molecule has 0 spiro atoms. The van der Waals surface area contributed by atoms with E-state index in [1.165, 1.54) is 17.7 Å². The highest BCUT2D eigenvalue weighted by Crippen LogP contribution is 2.41. The van der Waals surface area contributed by atoms with Crippen molar-refractivity contribution in [3.05, 3.63) is 71.3 Å². The van der Waals surface area contributed by atoms with Crippen LogP contribution in [-0.4, -0.2) is 6.04 Å². The van der Waals surface area contributed by atoms with E-state index in [1.807, 2.05) is 18.2 Å². The van der Waals surface area contributed by atoms with Gasteiger partial charge in [-0.05, 0) is 29.7 Å². The van der Waals surface area contributed by atoms with Crippen molar-refractivity contribution in [3.63, 3.8) is 0 Å². The molecule has 0 heterocycles. The summed E-state index contributed by atoms with van der Waals surface area (Å²) in [6.45, 7) is 0.811. The second kappa shape index (κ2) is 6.33. The third kappa shape index (κ3) is 3.35. The Hall–Kier alpha value is -1.45. The third-order valence-electron chi connectivity index (χ3n) is 3.57. The van der Waals surface area contributed by atoms with E-state index < -0.39 is 11.6 Å². The van der Waals surface area contributed by atoms with Crippen molar-refractivity contribution in [2.24, 2.45) is 0 Å². The van der Waals surface area contributed by atoms with Crippen LogP contribution in [0.15, 0.2) is 48.5 Å². The van der Waals surface area contributed by atoms with Crippen LogP contribution in [0.25, 0.3) is 0 Å². The van der Waals surface area contributed by atoms with Gasteiger partial charge in [-0.15, -0.1) is 12.4 Å². The van der Waals surface area contributed by atoms with Crippen LogP contribution in [0.5, 0.6) is 0 Å². The normalized spacial score (nSPS) is 20.3. The molecule has 0 aromatic heterocycles. The number of nitrogens with one attached hydrogen (secondary N) is 1. The third-order valence-corrected chi connectivity index (χ3v) is 3.57. The van der Waals surface area contributed by atoms with Crippen molar-refractivity contribution in [1.29, 1.82) is 0 Å². The predicted octanol–water partition coefficient (Wildman–Crippen LogP) is 4.03. The van der Waals surface area contributed by atoms with Crippen LogP contribution in [-0.2, 0) is 6.54 Å². The summed E-state index contributed by atoms with van der Waals surface area (Å²) >= 11 is 0. The zero-order chi connectivity index (χ0) is 13.2. The number of hydrogen-bond acceptors (Lipinski definition) is 1. The lowest BCUT2D eigenvalue weighted by Gasteiger charge is -2.05. The molecule has 2 atom stereocenters. The molecular weight excluding hydrogens is 280 g/mol. The van der Waals surface area contributed by atoms with Crippen LogP contribution in [0.2, 0.25) is 0 Å². The quantitative estimate of drug-likeness (QED) is 0.898. The first-order chi connectivity index (χ1) is 9.24. The molecule has 0 bridgehead atoms. The van der Waals surface area contributed by atoms with Gasteiger partial charge in [0.2, 0.25) is 0 Å². The van der Waals surface area contributed by atoms with Gasteiger partial charge in [0.1, 0.15) is 0 Å². The van der Waals surface area contributed by atoms with E-state index in [1.54, 1.807) is 6.07 Å². The molecule has 1 nitrogen and oxygen atoms in total. The minimum Gasteiger partial charge on any atom is -0.309 e. The van der Waals surface area contributed by atoms with Gasteiger partial charge in [-0.25, -0.2) is 8.78 Å². The van der Waals surface area contributed by atoms with Gasteiger partial charge in [0, 0.05) is 18.5 Å². The monoisotopic (exact) mass is 295 g/mol. The second-order valence-electron chi connectivity index (χ2n) is 4.99. The Bertz CT molecular complexity index is 574. The minimum absolute atomic E-state index is 0. The number of benzene rings is 2. The summed E-state index contributed by atoms with van der Waals surface area (Å²) in [6.07, 6.45) is 0.984. The van der Waals surface area contributed by atoms with Crippen LogP contribution < -0.4 is 5.32 Å². The van der Waals surface area contributed by atoms with Crippen LogP contribution in [0.3, 0.4) is 0 Å². The Morgan fingerprint density at radius 1 is 1.00 bits per heavy atom. The van der Waals surface area contributed by atoms with E-state index in [0.717, 1.165) is 18.5 Å². The Kier molecular flexibility index (Phi) is 4.73. The lowest BCUT2D eigenvalue weighted by atomic mass is 10.1. The van der Waals surface area contributed by atoms with Gasteiger partial charge in [-0.1, -0.05) is 36.4 Å². The van der Waals surface area contributed by atoms with Crippen molar-refractivity contribution < 1.29 is 8.78 Å². The van der Waals surface area contributed by atoms with Crippen LogP contribution in [0.1, 0.15) is 23.5 Å². The lowest BCUT2D eigenvalue weighted by Crippen LogP contribution is -2.17. The summed E-state index contributed by atoms with van der Waals surface area (Å²) in [6, 6.07) is 14.7. The Labute approximate surface area is 123 Å². The molecule has 0 unspecified atom stereocenters. The van der Waals surface area contributed by atoms with Gasteiger partial charge in [0.05, 0.1) is 0 Å². The second-order valence-corrected chi connectivity index (χ2v) is 4.99. The topological polar surface area (TPSA) is 12.0 Å². The first-order valence-electron chi connectivity index (χ1n) is 6.46. The fourth-order valence-electron chi connectivity index (χ4n) is 2.38. The average molecular weight is 296 g/mol. The SMILES string of the molecule is Cl.Fc1ccc([C@H]2C[C@@H]2NCc2ccccc2)cc1F. The zero-order valence-electron chi connectivity index (χ0n) is 10.9. The molecular formula is C16H16ClF2N. The zero-order valence-corrected chi connectivity index (χ0v) is 11.7. The molecule has 0 amide bonds. The molecule has 1 aliphatic rings. The summed E-state index contributed by atoms with van der Waals surface area (Å²) in [5.74, 6) is -1.23. The van der Waals surface area contributed by atoms with E-state index in [-0.39, 0.29) is 12.4 Å². The van der Waals surface area contributed by atoms with Gasteiger partial charge in [-0.2, -0.15) is 0 Å². The molecule has 1 N–H and O–H groups in total. The van der Waals surface area contributed by atoms with Crippen LogP contribution in [0, 0.1) is 11.6 Å². The molecule has 0 radical (unpaired) electrons. The van der Waals surface area contributed by atoms with Crippen LogP contribution in [0.4, 0.5) is 8.78 Å². The fourth-order valence-corrected chi connectivity index (χ4v) is 2.38. The van der Waals surface area contributed by atoms with E-state index in [0.29, 0.717) is 12.0 Å². The largest absolute Gasteiger partial charge is 0.309 e. The van der Waals surface area contributed by atoms with E-state index >= 15 is 0 Å². The number of halogens is 3. The minimum atomic E-state index is -0.779. The maximum Gasteiger partial charge on any atom is 0.159 e. The summed E-state index contributed by atoms with van der Waals surface area (Å²) in [4.78, 5) is 0. The Balaban J connectivity index is 0.00000147. The molecule has 2 aromatic carbocycles. The summed E-state index contributed by atoms with van der Waals surface area (Å²) in [7, 11) is 0. The van der Waals surface area contributed by atoms with Crippen molar-refractivity contribution in [2.75, 3.05) is 0 Å². The summed E-state index contributed by atoms with van der Waals surface area (Å²) < 4.78 is 26.0. The van der Waals surface area contributed by atoms with Crippen molar-refractivity contribution >= 4 is 12.4 Å². The van der Waals surface area contributed by atoms with Gasteiger partial charge in [0.25, 0.3) is 0 Å². The van der Waals surface area contributed by atoms with E-state index in [2.05, 4.69) is 17.4 Å². The highest BCUT2D eigenvalue weighted by Gasteiger charge is 2.38. The van der Waals surface area contributed by atoms with Gasteiger partial charge in [-0.3, -0.25) is 0 Å². The highest BCUT2D eigenvalue weighted by molar-refractivity contribution is 5.85. The molecule has 2 aromatic rings. The van der Waals surface area contributed by atoms with Crippen molar-refractivity contribution in [1.82, 2.24) is 5.32 Å². The standard InChI is InChI=1S/C16H15F2N.ClH/c17-14-7-6-12(8-15(14)18)13-9-16(13)19-10-11-4-2-1-3-5-11;/h1-8,13,16,19H,9-10H2;1H/t13-,16+;/m1./s1. The lowest BCUT2D eigenvalue weighted by molar-refractivity contribution is 0.507. The Morgan fingerprint density at radius 3 is 2.45 bits per heavy atom. The van der Waals surface area contributed by atoms with Gasteiger partial charge in [0.15, 0.2) is 11.6 Å². The average Bonchev–Trinajstić information content (AvgIpc) is 3.20. The van der Waals surface area contributed by atoms with Crippen molar-refractivity contribution in [3.8, 4) is 0 Å². The summed E-state index contributed by atoms with van der Waals surface area (Å²) in [5.41, 5.74) is 2.11. The first-order valence-corrected chi connectivity index (χ1v) is 6.46. The maximum atomic E-state index is 13.1. The molecule has 3 rings (SSSR count). The van der Waals surface area contributed by atoms with Gasteiger partial charge >= 0.3 is 0 Å². The molecule has 0 saturated heterocycles. The summed E-state index contributed by atoms with van der Waals surface area (Å²) in [5, 5.41) is 3.44. The predicted molar refractivity (Wildman–Crippen MR) is 78.0 cm³/mol. The number of hydrogen-bond donors (Lipinski definition) is 1. The molecule has 1 fully saturated rings. The van der Waals surface area contributed by atoms with E-state index in [9.17, 15) is 8.78 Å². The first kappa shape index (κ1) is 14.9. The number of rotatable bonds is 4. The molecule has 0 aliphatic heterocycles. The fraction of sp³-hybridized carbons (Fsp3) is 0.250. The molecule has 1 aliphatic carbocycles. The smallest absolute Gasteiger partial charge is 0.159 e. The highest BCUT2D eigenvalue weighted by atomic mass is 35.5. The molecule has 106 valence electrons. The maximum absolute atomic E-state index is 13.1. The molecule has 4 heteroatoms. The van der Waals surface area contributed by atoms with Crippen molar-refractivity contribution in [2.45, 2.75) is 24.9 Å². The van der Waals surface area contributed by atoms with Gasteiger partial charge < -0.3 is 5.32 Å². The molecule has 20 heavy (non-hydrogen) atoms. The Morgan fingerprint density at radius 2 is 1.75 bits per heavy atom. The van der Waals surface area contributed by atoms with E-state index in [4.69, 9.17) is 0 Å². The molecule has 1 saturated carbocycles. The van der Waals surface area contributed by atoms with Crippen LogP contribution >= 0.6 is 12.4 Å².